The summed E-state index contributed by atoms with van der Waals surface area (Å²) in [7, 11) is 1.57. The van der Waals surface area contributed by atoms with Crippen molar-refractivity contribution in [2.45, 2.75) is 33.2 Å². The molecule has 154 valence electrons. The SMILES string of the molecule is CCCNc1nc2cnc(-c3ccc(OC)nc3)cc2n(CCOCCC)c1=O. The summed E-state index contributed by atoms with van der Waals surface area (Å²) in [5, 5.41) is 3.12. The second-order valence-electron chi connectivity index (χ2n) is 6.60. The molecule has 0 amide bonds. The first-order valence-electron chi connectivity index (χ1n) is 9.90. The van der Waals surface area contributed by atoms with Crippen LogP contribution < -0.4 is 15.6 Å². The highest BCUT2D eigenvalue weighted by Gasteiger charge is 2.13. The number of pyridine rings is 2. The van der Waals surface area contributed by atoms with Crippen molar-refractivity contribution >= 4 is 16.9 Å². The van der Waals surface area contributed by atoms with Gasteiger partial charge >= 0.3 is 0 Å². The van der Waals surface area contributed by atoms with Gasteiger partial charge in [-0.05, 0) is 25.0 Å². The van der Waals surface area contributed by atoms with Crippen LogP contribution in [0.3, 0.4) is 0 Å². The molecule has 0 atom stereocenters. The van der Waals surface area contributed by atoms with Crippen molar-refractivity contribution in [1.29, 1.82) is 0 Å². The fourth-order valence-corrected chi connectivity index (χ4v) is 2.94. The lowest BCUT2D eigenvalue weighted by Gasteiger charge is -2.14. The van der Waals surface area contributed by atoms with E-state index in [1.54, 1.807) is 30.1 Å². The minimum Gasteiger partial charge on any atom is -0.481 e. The number of nitrogens with zero attached hydrogens (tertiary/aromatic N) is 4. The summed E-state index contributed by atoms with van der Waals surface area (Å²) in [5.41, 5.74) is 2.77. The third-order valence-corrected chi connectivity index (χ3v) is 4.42. The molecule has 0 fully saturated rings. The first kappa shape index (κ1) is 20.7. The highest BCUT2D eigenvalue weighted by molar-refractivity contribution is 5.80. The van der Waals surface area contributed by atoms with E-state index in [-0.39, 0.29) is 5.56 Å². The van der Waals surface area contributed by atoms with Crippen molar-refractivity contribution in [2.24, 2.45) is 0 Å². The third-order valence-electron chi connectivity index (χ3n) is 4.42. The molecule has 8 nitrogen and oxygen atoms in total. The monoisotopic (exact) mass is 397 g/mol. The van der Waals surface area contributed by atoms with Crippen LogP contribution in [0.5, 0.6) is 5.88 Å². The van der Waals surface area contributed by atoms with Gasteiger partial charge in [0.15, 0.2) is 5.82 Å². The molecule has 0 unspecified atom stereocenters. The van der Waals surface area contributed by atoms with E-state index in [0.29, 0.717) is 49.2 Å². The third kappa shape index (κ3) is 4.89. The molecule has 0 spiro atoms. The van der Waals surface area contributed by atoms with Gasteiger partial charge in [0.1, 0.15) is 5.52 Å². The molecule has 0 bridgehead atoms. The van der Waals surface area contributed by atoms with Crippen molar-refractivity contribution in [1.82, 2.24) is 19.5 Å². The van der Waals surface area contributed by atoms with Crippen LogP contribution in [-0.2, 0) is 11.3 Å². The van der Waals surface area contributed by atoms with E-state index in [4.69, 9.17) is 9.47 Å². The molecule has 0 saturated carbocycles. The molecule has 3 rings (SSSR count). The summed E-state index contributed by atoms with van der Waals surface area (Å²) in [6.45, 7) is 6.36. The fourth-order valence-electron chi connectivity index (χ4n) is 2.94. The second-order valence-corrected chi connectivity index (χ2v) is 6.60. The summed E-state index contributed by atoms with van der Waals surface area (Å²) in [5.74, 6) is 0.878. The lowest BCUT2D eigenvalue weighted by Crippen LogP contribution is -2.27. The maximum atomic E-state index is 13.0. The zero-order valence-corrected chi connectivity index (χ0v) is 17.1. The summed E-state index contributed by atoms with van der Waals surface area (Å²) in [4.78, 5) is 26.3. The van der Waals surface area contributed by atoms with Crippen LogP contribution in [0, 0.1) is 0 Å². The Morgan fingerprint density at radius 3 is 2.66 bits per heavy atom. The first-order valence-corrected chi connectivity index (χ1v) is 9.90. The number of hydrogen-bond donors (Lipinski definition) is 1. The standard InChI is InChI=1S/C21H27N5O3/c1-4-8-22-20-21(27)26(9-11-29-10-5-2)18-12-16(23-14-17(18)25-20)15-6-7-19(28-3)24-13-15/h6-7,12-14H,4-5,8-11H2,1-3H3,(H,22,25). The summed E-state index contributed by atoms with van der Waals surface area (Å²) >= 11 is 0. The van der Waals surface area contributed by atoms with E-state index in [9.17, 15) is 4.79 Å². The molecule has 0 saturated heterocycles. The molecule has 1 N–H and O–H groups in total. The van der Waals surface area contributed by atoms with Crippen LogP contribution in [0.15, 0.2) is 35.4 Å². The predicted molar refractivity (Wildman–Crippen MR) is 113 cm³/mol. The lowest BCUT2D eigenvalue weighted by atomic mass is 10.2. The largest absolute Gasteiger partial charge is 0.481 e. The Labute approximate surface area is 169 Å². The zero-order chi connectivity index (χ0) is 20.6. The van der Waals surface area contributed by atoms with E-state index in [2.05, 4.69) is 27.2 Å². The van der Waals surface area contributed by atoms with Gasteiger partial charge in [0.05, 0.1) is 31.1 Å². The Hall–Kier alpha value is -3.00. The molecule has 3 aromatic rings. The molecular weight excluding hydrogens is 370 g/mol. The average Bonchev–Trinajstić information content (AvgIpc) is 2.76. The number of nitrogens with one attached hydrogen (secondary N) is 1. The summed E-state index contributed by atoms with van der Waals surface area (Å²) in [6, 6.07) is 5.54. The molecule has 0 aliphatic heterocycles. The molecule has 3 aromatic heterocycles. The second kappa shape index (κ2) is 9.97. The Kier molecular flexibility index (Phi) is 7.13. The van der Waals surface area contributed by atoms with Gasteiger partial charge in [-0.2, -0.15) is 0 Å². The minimum atomic E-state index is -0.156. The van der Waals surface area contributed by atoms with Crippen LogP contribution >= 0.6 is 0 Å². The molecule has 0 aliphatic rings. The van der Waals surface area contributed by atoms with Gasteiger partial charge < -0.3 is 19.4 Å². The number of fused-ring (bicyclic) bond motifs is 1. The predicted octanol–water partition coefficient (Wildman–Crippen LogP) is 3.11. The van der Waals surface area contributed by atoms with Gasteiger partial charge in [-0.1, -0.05) is 13.8 Å². The van der Waals surface area contributed by atoms with Gasteiger partial charge in [-0.25, -0.2) is 9.97 Å². The quantitative estimate of drug-likeness (QED) is 0.526. The Bertz CT molecular complexity index is 1000. The molecule has 3 heterocycles. The minimum absolute atomic E-state index is 0.156. The van der Waals surface area contributed by atoms with E-state index in [1.165, 1.54) is 0 Å². The first-order chi connectivity index (χ1) is 14.2. The van der Waals surface area contributed by atoms with Crippen molar-refractivity contribution in [2.75, 3.05) is 32.2 Å². The van der Waals surface area contributed by atoms with Crippen LogP contribution in [0.25, 0.3) is 22.3 Å². The normalized spacial score (nSPS) is 11.0. The Morgan fingerprint density at radius 2 is 1.97 bits per heavy atom. The topological polar surface area (TPSA) is 91.2 Å². The highest BCUT2D eigenvalue weighted by Crippen LogP contribution is 2.22. The number of methoxy groups -OCH3 is 1. The van der Waals surface area contributed by atoms with Gasteiger partial charge in [0, 0.05) is 37.5 Å². The molecule has 8 heteroatoms. The molecule has 0 aromatic carbocycles. The van der Waals surface area contributed by atoms with Crippen molar-refractivity contribution in [3.63, 3.8) is 0 Å². The number of aromatic nitrogens is 4. The van der Waals surface area contributed by atoms with Crippen LogP contribution in [0.1, 0.15) is 26.7 Å². The Morgan fingerprint density at radius 1 is 1.10 bits per heavy atom. The van der Waals surface area contributed by atoms with E-state index >= 15 is 0 Å². The molecule has 0 aliphatic carbocycles. The number of rotatable bonds is 10. The van der Waals surface area contributed by atoms with Crippen LogP contribution in [0.4, 0.5) is 5.82 Å². The van der Waals surface area contributed by atoms with Gasteiger partial charge in [0.25, 0.3) is 5.56 Å². The fraction of sp³-hybridized carbons (Fsp3) is 0.429. The summed E-state index contributed by atoms with van der Waals surface area (Å²) in [6.07, 6.45) is 5.23. The maximum Gasteiger partial charge on any atom is 0.293 e. The molecule has 29 heavy (non-hydrogen) atoms. The lowest BCUT2D eigenvalue weighted by molar-refractivity contribution is 0.127. The molecule has 0 radical (unpaired) electrons. The average molecular weight is 397 g/mol. The van der Waals surface area contributed by atoms with E-state index in [1.807, 2.05) is 19.1 Å². The van der Waals surface area contributed by atoms with Crippen molar-refractivity contribution < 1.29 is 9.47 Å². The molecular formula is C21H27N5O3. The summed E-state index contributed by atoms with van der Waals surface area (Å²) < 4.78 is 12.4. The van der Waals surface area contributed by atoms with Crippen molar-refractivity contribution in [3.8, 4) is 17.1 Å². The number of anilines is 1. The van der Waals surface area contributed by atoms with Gasteiger partial charge in [-0.15, -0.1) is 0 Å². The maximum absolute atomic E-state index is 13.0. The van der Waals surface area contributed by atoms with E-state index < -0.39 is 0 Å². The number of hydrogen-bond acceptors (Lipinski definition) is 7. The van der Waals surface area contributed by atoms with Gasteiger partial charge in [0.2, 0.25) is 5.88 Å². The van der Waals surface area contributed by atoms with Gasteiger partial charge in [-0.3, -0.25) is 9.78 Å². The number of ether oxygens (including phenoxy) is 2. The highest BCUT2D eigenvalue weighted by atomic mass is 16.5. The van der Waals surface area contributed by atoms with E-state index in [0.717, 1.165) is 23.9 Å². The van der Waals surface area contributed by atoms with Crippen LogP contribution in [0.2, 0.25) is 0 Å². The Balaban J connectivity index is 2.04. The van der Waals surface area contributed by atoms with Crippen LogP contribution in [-0.4, -0.2) is 46.4 Å². The van der Waals surface area contributed by atoms with Crippen molar-refractivity contribution in [3.05, 3.63) is 40.9 Å². The zero-order valence-electron chi connectivity index (χ0n) is 17.1. The smallest absolute Gasteiger partial charge is 0.293 e.